The van der Waals surface area contributed by atoms with Gasteiger partial charge in [0, 0.05) is 24.5 Å². The number of halogens is 1. The van der Waals surface area contributed by atoms with E-state index in [2.05, 4.69) is 44.6 Å². The topological polar surface area (TPSA) is 29.0 Å². The highest BCUT2D eigenvalue weighted by atomic mass is 79.9. The predicted molar refractivity (Wildman–Crippen MR) is 65.0 cm³/mol. The maximum absolute atomic E-state index is 4.37. The van der Waals surface area contributed by atoms with Gasteiger partial charge >= 0.3 is 0 Å². The Hall–Kier alpha value is -0.640. The van der Waals surface area contributed by atoms with Crippen LogP contribution in [0.3, 0.4) is 0 Å². The average Bonchev–Trinajstić information content (AvgIpc) is 2.20. The van der Waals surface area contributed by atoms with Crippen LogP contribution >= 0.6 is 15.9 Å². The Bertz CT molecular complexity index is 315. The molecule has 1 aliphatic heterocycles. The number of anilines is 1. The highest BCUT2D eigenvalue weighted by Gasteiger charge is 2.26. The summed E-state index contributed by atoms with van der Waals surface area (Å²) in [5.41, 5.74) is 0. The molecule has 2 heterocycles. The number of rotatable bonds is 1. The van der Waals surface area contributed by atoms with Crippen molar-refractivity contribution in [2.24, 2.45) is 0 Å². The molecule has 0 radical (unpaired) electrons. The second kappa shape index (κ2) is 4.47. The van der Waals surface area contributed by atoms with Crippen molar-refractivity contribution in [1.29, 1.82) is 0 Å². The third-order valence-electron chi connectivity index (χ3n) is 3.03. The zero-order chi connectivity index (χ0) is 10.8. The molecule has 1 fully saturated rings. The zero-order valence-electron chi connectivity index (χ0n) is 9.15. The SMILES string of the molecule is CC1CCCC(C)N1c1ncc(Br)cn1. The third kappa shape index (κ3) is 2.30. The summed E-state index contributed by atoms with van der Waals surface area (Å²) in [5, 5.41) is 0. The van der Waals surface area contributed by atoms with Crippen LogP contribution in [0.1, 0.15) is 33.1 Å². The summed E-state index contributed by atoms with van der Waals surface area (Å²) in [6.07, 6.45) is 7.43. The van der Waals surface area contributed by atoms with Crippen LogP contribution in [0.15, 0.2) is 16.9 Å². The third-order valence-corrected chi connectivity index (χ3v) is 3.44. The number of aromatic nitrogens is 2. The van der Waals surface area contributed by atoms with E-state index >= 15 is 0 Å². The first kappa shape index (κ1) is 10.9. The van der Waals surface area contributed by atoms with Gasteiger partial charge in [-0.2, -0.15) is 0 Å². The van der Waals surface area contributed by atoms with E-state index < -0.39 is 0 Å². The summed E-state index contributed by atoms with van der Waals surface area (Å²) in [6.45, 7) is 4.50. The van der Waals surface area contributed by atoms with E-state index in [1.807, 2.05) is 12.4 Å². The quantitative estimate of drug-likeness (QED) is 0.785. The highest BCUT2D eigenvalue weighted by Crippen LogP contribution is 2.26. The lowest BCUT2D eigenvalue weighted by atomic mass is 9.98. The molecular weight excluding hydrogens is 254 g/mol. The standard InChI is InChI=1S/C11H16BrN3/c1-8-4-3-5-9(2)15(8)11-13-6-10(12)7-14-11/h6-9H,3-5H2,1-2H3. The Labute approximate surface area is 99.0 Å². The molecule has 2 unspecified atom stereocenters. The van der Waals surface area contributed by atoms with Gasteiger partial charge in [-0.1, -0.05) is 0 Å². The Morgan fingerprint density at radius 2 is 1.73 bits per heavy atom. The number of hydrogen-bond acceptors (Lipinski definition) is 3. The summed E-state index contributed by atoms with van der Waals surface area (Å²) in [7, 11) is 0. The Balaban J connectivity index is 2.23. The van der Waals surface area contributed by atoms with Crippen LogP contribution in [-0.2, 0) is 0 Å². The molecule has 0 spiro atoms. The molecule has 2 rings (SSSR count). The number of hydrogen-bond donors (Lipinski definition) is 0. The number of piperidine rings is 1. The lowest BCUT2D eigenvalue weighted by Crippen LogP contribution is -2.44. The van der Waals surface area contributed by atoms with Crippen molar-refractivity contribution >= 4 is 21.9 Å². The second-order valence-corrected chi connectivity index (χ2v) is 5.15. The number of nitrogens with zero attached hydrogens (tertiary/aromatic N) is 3. The van der Waals surface area contributed by atoms with E-state index in [1.54, 1.807) is 0 Å². The minimum Gasteiger partial charge on any atom is -0.335 e. The first-order valence-corrected chi connectivity index (χ1v) is 6.23. The molecular formula is C11H16BrN3. The van der Waals surface area contributed by atoms with E-state index in [0.717, 1.165) is 10.4 Å². The van der Waals surface area contributed by atoms with Crippen LogP contribution in [0.25, 0.3) is 0 Å². The molecule has 15 heavy (non-hydrogen) atoms. The van der Waals surface area contributed by atoms with Crippen molar-refractivity contribution in [3.63, 3.8) is 0 Å². The normalized spacial score (nSPS) is 26.7. The molecule has 0 bridgehead atoms. The van der Waals surface area contributed by atoms with E-state index in [1.165, 1.54) is 19.3 Å². The predicted octanol–water partition coefficient (Wildman–Crippen LogP) is 3.01. The zero-order valence-corrected chi connectivity index (χ0v) is 10.7. The second-order valence-electron chi connectivity index (χ2n) is 4.24. The summed E-state index contributed by atoms with van der Waals surface area (Å²) >= 11 is 3.36. The van der Waals surface area contributed by atoms with Gasteiger partial charge in [0.05, 0.1) is 4.47 Å². The first-order chi connectivity index (χ1) is 7.18. The van der Waals surface area contributed by atoms with Gasteiger partial charge in [-0.3, -0.25) is 0 Å². The summed E-state index contributed by atoms with van der Waals surface area (Å²) in [5.74, 6) is 0.859. The van der Waals surface area contributed by atoms with Crippen LogP contribution in [0.5, 0.6) is 0 Å². The molecule has 0 aromatic carbocycles. The molecule has 1 aromatic heterocycles. The summed E-state index contributed by atoms with van der Waals surface area (Å²) in [4.78, 5) is 11.1. The Kier molecular flexibility index (Phi) is 3.24. The van der Waals surface area contributed by atoms with E-state index in [-0.39, 0.29) is 0 Å². The fourth-order valence-electron chi connectivity index (χ4n) is 2.25. The molecule has 3 nitrogen and oxygen atoms in total. The van der Waals surface area contributed by atoms with Gasteiger partial charge in [-0.25, -0.2) is 9.97 Å². The maximum atomic E-state index is 4.37. The van der Waals surface area contributed by atoms with Crippen LogP contribution in [0, 0.1) is 0 Å². The van der Waals surface area contributed by atoms with Gasteiger partial charge in [-0.05, 0) is 49.0 Å². The van der Waals surface area contributed by atoms with Gasteiger partial charge in [0.25, 0.3) is 0 Å². The van der Waals surface area contributed by atoms with E-state index in [4.69, 9.17) is 0 Å². The van der Waals surface area contributed by atoms with Gasteiger partial charge in [0.15, 0.2) is 0 Å². The highest BCUT2D eigenvalue weighted by molar-refractivity contribution is 9.10. The molecule has 1 saturated heterocycles. The van der Waals surface area contributed by atoms with Gasteiger partial charge < -0.3 is 4.90 Å². The molecule has 4 heteroatoms. The van der Waals surface area contributed by atoms with Crippen molar-refractivity contribution in [2.45, 2.75) is 45.2 Å². The minimum atomic E-state index is 0.551. The first-order valence-electron chi connectivity index (χ1n) is 5.44. The summed E-state index contributed by atoms with van der Waals surface area (Å²) < 4.78 is 0.934. The summed E-state index contributed by atoms with van der Waals surface area (Å²) in [6, 6.07) is 1.10. The van der Waals surface area contributed by atoms with E-state index in [9.17, 15) is 0 Å². The van der Waals surface area contributed by atoms with Gasteiger partial charge in [-0.15, -0.1) is 0 Å². The largest absolute Gasteiger partial charge is 0.335 e. The van der Waals surface area contributed by atoms with Gasteiger partial charge in [0.1, 0.15) is 0 Å². The fraction of sp³-hybridized carbons (Fsp3) is 0.636. The molecule has 1 aromatic rings. The molecule has 1 aliphatic rings. The molecule has 0 N–H and O–H groups in total. The smallest absolute Gasteiger partial charge is 0.225 e. The van der Waals surface area contributed by atoms with Crippen LogP contribution in [-0.4, -0.2) is 22.1 Å². The van der Waals surface area contributed by atoms with Crippen LogP contribution < -0.4 is 4.90 Å². The van der Waals surface area contributed by atoms with Crippen molar-refractivity contribution in [3.8, 4) is 0 Å². The molecule has 0 saturated carbocycles. The van der Waals surface area contributed by atoms with Crippen molar-refractivity contribution in [3.05, 3.63) is 16.9 Å². The lowest BCUT2D eigenvalue weighted by Gasteiger charge is -2.38. The Morgan fingerprint density at radius 1 is 1.20 bits per heavy atom. The molecule has 0 amide bonds. The van der Waals surface area contributed by atoms with Crippen molar-refractivity contribution in [2.75, 3.05) is 4.90 Å². The lowest BCUT2D eigenvalue weighted by molar-refractivity contribution is 0.407. The minimum absolute atomic E-state index is 0.551. The molecule has 82 valence electrons. The van der Waals surface area contributed by atoms with Crippen molar-refractivity contribution in [1.82, 2.24) is 9.97 Å². The Morgan fingerprint density at radius 3 is 2.27 bits per heavy atom. The monoisotopic (exact) mass is 269 g/mol. The van der Waals surface area contributed by atoms with Gasteiger partial charge in [0.2, 0.25) is 5.95 Å². The maximum Gasteiger partial charge on any atom is 0.225 e. The molecule has 2 atom stereocenters. The van der Waals surface area contributed by atoms with Crippen molar-refractivity contribution < 1.29 is 0 Å². The van der Waals surface area contributed by atoms with Crippen LogP contribution in [0.2, 0.25) is 0 Å². The van der Waals surface area contributed by atoms with Crippen LogP contribution in [0.4, 0.5) is 5.95 Å². The average molecular weight is 270 g/mol. The fourth-order valence-corrected chi connectivity index (χ4v) is 2.46. The molecule has 0 aliphatic carbocycles. The van der Waals surface area contributed by atoms with E-state index in [0.29, 0.717) is 12.1 Å².